The van der Waals surface area contributed by atoms with Gasteiger partial charge < -0.3 is 0 Å². The first kappa shape index (κ1) is 7.80. The predicted molar refractivity (Wildman–Crippen MR) is 48.3 cm³/mol. The molecule has 0 bridgehead atoms. The Labute approximate surface area is 67.9 Å². The van der Waals surface area contributed by atoms with Crippen molar-refractivity contribution in [2.45, 2.75) is 6.42 Å². The molecule has 0 aliphatic rings. The molecule has 0 amide bonds. The van der Waals surface area contributed by atoms with Gasteiger partial charge in [-0.15, -0.1) is 0 Å². The molecule has 0 atom stereocenters. The van der Waals surface area contributed by atoms with E-state index in [1.54, 1.807) is 6.08 Å². The summed E-state index contributed by atoms with van der Waals surface area (Å²) >= 11 is 0. The average molecular weight is 143 g/mol. The summed E-state index contributed by atoms with van der Waals surface area (Å²) in [4.78, 5) is 0. The lowest BCUT2D eigenvalue weighted by atomic mass is 10.1. The van der Waals surface area contributed by atoms with Crippen LogP contribution in [0.2, 0.25) is 0 Å². The zero-order valence-corrected chi connectivity index (χ0v) is 6.46. The van der Waals surface area contributed by atoms with Gasteiger partial charge in [0.2, 0.25) is 0 Å². The molecule has 0 unspecified atom stereocenters. The Morgan fingerprint density at radius 2 is 2.36 bits per heavy atom. The minimum Gasteiger partial charge on any atom is -0.0991 e. The van der Waals surface area contributed by atoms with E-state index in [9.17, 15) is 0 Å². The molecule has 0 saturated heterocycles. The van der Waals surface area contributed by atoms with Crippen LogP contribution in [0.15, 0.2) is 49.1 Å². The molecule has 0 nitrogen and oxygen atoms in total. The molecular weight excluding hydrogens is 132 g/mol. The van der Waals surface area contributed by atoms with Gasteiger partial charge in [0.1, 0.15) is 0 Å². The maximum absolute atomic E-state index is 3.59. The summed E-state index contributed by atoms with van der Waals surface area (Å²) in [6.07, 6.45) is 6.73. The van der Waals surface area contributed by atoms with Gasteiger partial charge >= 0.3 is 0 Å². The highest BCUT2D eigenvalue weighted by molar-refractivity contribution is 5.16. The van der Waals surface area contributed by atoms with E-state index in [1.807, 2.05) is 24.3 Å². The van der Waals surface area contributed by atoms with Crippen LogP contribution in [0, 0.1) is 6.07 Å². The third kappa shape index (κ3) is 2.85. The topological polar surface area (TPSA) is 0 Å². The Morgan fingerprint density at radius 3 is 3.00 bits per heavy atom. The van der Waals surface area contributed by atoms with Gasteiger partial charge in [-0.25, -0.2) is 0 Å². The molecule has 0 aromatic heterocycles. The van der Waals surface area contributed by atoms with Crippen molar-refractivity contribution in [1.82, 2.24) is 0 Å². The monoisotopic (exact) mass is 143 g/mol. The highest BCUT2D eigenvalue weighted by Crippen LogP contribution is 1.98. The van der Waals surface area contributed by atoms with Crippen molar-refractivity contribution in [2.24, 2.45) is 0 Å². The van der Waals surface area contributed by atoms with E-state index in [0.717, 1.165) is 6.42 Å². The van der Waals surface area contributed by atoms with Crippen LogP contribution in [0.4, 0.5) is 0 Å². The zero-order valence-electron chi connectivity index (χ0n) is 6.46. The quantitative estimate of drug-likeness (QED) is 0.571. The van der Waals surface area contributed by atoms with Crippen molar-refractivity contribution in [2.75, 3.05) is 0 Å². The smallest absolute Gasteiger partial charge is 0.00882 e. The molecule has 0 fully saturated rings. The van der Waals surface area contributed by atoms with E-state index in [2.05, 4.69) is 24.8 Å². The fourth-order valence-electron chi connectivity index (χ4n) is 0.849. The maximum atomic E-state index is 3.59. The molecule has 1 radical (unpaired) electrons. The molecule has 11 heavy (non-hydrogen) atoms. The summed E-state index contributed by atoms with van der Waals surface area (Å²) in [5.41, 5.74) is 1.21. The second kappa shape index (κ2) is 4.51. The molecule has 1 aromatic carbocycles. The molecular formula is C11H11. The number of hydrogen-bond donors (Lipinski definition) is 0. The average Bonchev–Trinajstić information content (AvgIpc) is 2.07. The first-order valence-electron chi connectivity index (χ1n) is 3.66. The fourth-order valence-corrected chi connectivity index (χ4v) is 0.849. The van der Waals surface area contributed by atoms with Gasteiger partial charge in [-0.2, -0.15) is 0 Å². The largest absolute Gasteiger partial charge is 0.0991 e. The summed E-state index contributed by atoms with van der Waals surface area (Å²) in [6, 6.07) is 11.1. The molecule has 0 saturated carbocycles. The Morgan fingerprint density at radius 1 is 1.45 bits per heavy atom. The predicted octanol–water partition coefficient (Wildman–Crippen LogP) is 2.77. The lowest BCUT2D eigenvalue weighted by molar-refractivity contribution is 1.26. The van der Waals surface area contributed by atoms with Crippen molar-refractivity contribution in [3.63, 3.8) is 0 Å². The number of benzene rings is 1. The summed E-state index contributed by atoms with van der Waals surface area (Å²) in [6.45, 7) is 3.59. The number of hydrogen-bond acceptors (Lipinski definition) is 0. The SMILES string of the molecule is C=CC=CCc1[c]cccc1. The van der Waals surface area contributed by atoms with Crippen LogP contribution in [0.5, 0.6) is 0 Å². The van der Waals surface area contributed by atoms with Gasteiger partial charge in [0.25, 0.3) is 0 Å². The van der Waals surface area contributed by atoms with Crippen molar-refractivity contribution < 1.29 is 0 Å². The normalized spacial score (nSPS) is 10.2. The van der Waals surface area contributed by atoms with Gasteiger partial charge in [0, 0.05) is 0 Å². The minimum absolute atomic E-state index is 0.937. The maximum Gasteiger partial charge on any atom is -0.00882 e. The van der Waals surface area contributed by atoms with Crippen LogP contribution in [0.3, 0.4) is 0 Å². The van der Waals surface area contributed by atoms with Crippen molar-refractivity contribution in [3.05, 3.63) is 60.7 Å². The van der Waals surface area contributed by atoms with Crippen LogP contribution < -0.4 is 0 Å². The van der Waals surface area contributed by atoms with Gasteiger partial charge in [-0.3, -0.25) is 0 Å². The number of rotatable bonds is 3. The summed E-state index contributed by atoms with van der Waals surface area (Å²) in [7, 11) is 0. The standard InChI is InChI=1S/C11H11/c1-2-3-5-8-11-9-6-4-7-10-11/h2-7,9H,1,8H2. The molecule has 1 aromatic rings. The molecule has 0 heterocycles. The van der Waals surface area contributed by atoms with E-state index in [-0.39, 0.29) is 0 Å². The van der Waals surface area contributed by atoms with Crippen molar-refractivity contribution in [3.8, 4) is 0 Å². The molecule has 1 rings (SSSR count). The van der Waals surface area contributed by atoms with Crippen molar-refractivity contribution >= 4 is 0 Å². The van der Waals surface area contributed by atoms with Crippen LogP contribution in [-0.2, 0) is 6.42 Å². The molecule has 0 aliphatic heterocycles. The van der Waals surface area contributed by atoms with E-state index in [1.165, 1.54) is 5.56 Å². The van der Waals surface area contributed by atoms with Gasteiger partial charge in [-0.05, 0) is 18.1 Å². The summed E-state index contributed by atoms with van der Waals surface area (Å²) in [5.74, 6) is 0. The number of allylic oxidation sites excluding steroid dienone is 3. The zero-order chi connectivity index (χ0) is 7.94. The van der Waals surface area contributed by atoms with Crippen LogP contribution >= 0.6 is 0 Å². The third-order valence-corrected chi connectivity index (χ3v) is 1.38. The lowest BCUT2D eigenvalue weighted by Gasteiger charge is -1.91. The van der Waals surface area contributed by atoms with Crippen LogP contribution in [0.1, 0.15) is 5.56 Å². The first-order chi connectivity index (χ1) is 5.43. The molecule has 0 aliphatic carbocycles. The highest BCUT2D eigenvalue weighted by atomic mass is 13.9. The summed E-state index contributed by atoms with van der Waals surface area (Å²) < 4.78 is 0. The Kier molecular flexibility index (Phi) is 3.20. The molecule has 0 spiro atoms. The van der Waals surface area contributed by atoms with Crippen molar-refractivity contribution in [1.29, 1.82) is 0 Å². The van der Waals surface area contributed by atoms with Gasteiger partial charge in [0.15, 0.2) is 0 Å². The minimum atomic E-state index is 0.937. The Bertz CT molecular complexity index is 231. The third-order valence-electron chi connectivity index (χ3n) is 1.38. The van der Waals surface area contributed by atoms with Crippen LogP contribution in [0.25, 0.3) is 0 Å². The van der Waals surface area contributed by atoms with E-state index in [0.29, 0.717) is 0 Å². The summed E-state index contributed by atoms with van der Waals surface area (Å²) in [5, 5.41) is 0. The Hall–Kier alpha value is -1.30. The second-order valence-electron chi connectivity index (χ2n) is 2.26. The van der Waals surface area contributed by atoms with E-state index in [4.69, 9.17) is 0 Å². The fraction of sp³-hybridized carbons (Fsp3) is 0.0909. The Balaban J connectivity index is 2.51. The van der Waals surface area contributed by atoms with Gasteiger partial charge in [0.05, 0.1) is 0 Å². The second-order valence-corrected chi connectivity index (χ2v) is 2.26. The highest BCUT2D eigenvalue weighted by Gasteiger charge is 1.84. The first-order valence-corrected chi connectivity index (χ1v) is 3.66. The molecule has 0 heteroatoms. The van der Waals surface area contributed by atoms with Gasteiger partial charge in [-0.1, -0.05) is 49.1 Å². The lowest BCUT2D eigenvalue weighted by Crippen LogP contribution is -1.77. The molecule has 0 N–H and O–H groups in total. The van der Waals surface area contributed by atoms with Crippen LogP contribution in [-0.4, -0.2) is 0 Å². The van der Waals surface area contributed by atoms with E-state index >= 15 is 0 Å². The van der Waals surface area contributed by atoms with E-state index < -0.39 is 0 Å². The molecule has 55 valence electrons.